The lowest BCUT2D eigenvalue weighted by Gasteiger charge is -2.24. The van der Waals surface area contributed by atoms with Crippen LogP contribution in [0.5, 0.6) is 5.75 Å². The number of fused-ring (bicyclic) bond motifs is 1. The normalized spacial score (nSPS) is 15.5. The molecule has 164 valence electrons. The van der Waals surface area contributed by atoms with Gasteiger partial charge in [-0.25, -0.2) is 4.79 Å². The molecule has 3 aromatic rings. The lowest BCUT2D eigenvalue weighted by atomic mass is 9.83. The van der Waals surface area contributed by atoms with Crippen LogP contribution in [0.15, 0.2) is 91.1 Å². The van der Waals surface area contributed by atoms with Gasteiger partial charge in [0.05, 0.1) is 0 Å². The Balaban J connectivity index is 1.37. The summed E-state index contributed by atoms with van der Waals surface area (Å²) in [4.78, 5) is 16.9. The first-order chi connectivity index (χ1) is 15.7. The van der Waals surface area contributed by atoms with Crippen LogP contribution in [-0.2, 0) is 22.5 Å². The van der Waals surface area contributed by atoms with E-state index in [9.17, 15) is 4.79 Å². The van der Waals surface area contributed by atoms with Gasteiger partial charge in [-0.05, 0) is 53.5 Å². The van der Waals surface area contributed by atoms with Crippen molar-refractivity contribution in [1.82, 2.24) is 5.48 Å². The Morgan fingerprint density at radius 3 is 2.34 bits per heavy atom. The summed E-state index contributed by atoms with van der Waals surface area (Å²) in [6.45, 7) is -0.314. The topological polar surface area (TPSA) is 67.8 Å². The van der Waals surface area contributed by atoms with E-state index < -0.39 is 5.97 Å². The van der Waals surface area contributed by atoms with Crippen molar-refractivity contribution in [2.75, 3.05) is 6.61 Å². The Morgan fingerprint density at radius 2 is 1.69 bits per heavy atom. The third-order valence-corrected chi connectivity index (χ3v) is 5.66. The molecule has 0 saturated heterocycles. The van der Waals surface area contributed by atoms with E-state index in [1.165, 1.54) is 5.56 Å². The standard InChI is InChI=1S/C27H27NO4/c29-26(30)19-31-25-13-7-12-23-18-20(14-15-24(23)25)16-17-28-32-27(21-8-3-1-4-9-21)22-10-5-2-6-11-22/h1-13,16-17,20,27-28H,14-15,18-19H2,(H,29,30). The van der Waals surface area contributed by atoms with Crippen LogP contribution in [0, 0.1) is 5.92 Å². The average molecular weight is 430 g/mol. The lowest BCUT2D eigenvalue weighted by molar-refractivity contribution is -0.139. The number of allylic oxidation sites excluding steroid dienone is 1. The summed E-state index contributed by atoms with van der Waals surface area (Å²) in [5, 5.41) is 8.87. The van der Waals surface area contributed by atoms with E-state index >= 15 is 0 Å². The fourth-order valence-electron chi connectivity index (χ4n) is 4.11. The van der Waals surface area contributed by atoms with Gasteiger partial charge >= 0.3 is 5.97 Å². The van der Waals surface area contributed by atoms with Gasteiger partial charge in [0, 0.05) is 6.20 Å². The van der Waals surface area contributed by atoms with Gasteiger partial charge in [0.25, 0.3) is 0 Å². The summed E-state index contributed by atoms with van der Waals surface area (Å²) in [6.07, 6.45) is 6.53. The largest absolute Gasteiger partial charge is 0.482 e. The van der Waals surface area contributed by atoms with Crippen molar-refractivity contribution in [3.05, 3.63) is 113 Å². The highest BCUT2D eigenvalue weighted by atomic mass is 16.7. The molecule has 5 heteroatoms. The van der Waals surface area contributed by atoms with Gasteiger partial charge in [0.15, 0.2) is 6.61 Å². The molecule has 4 rings (SSSR count). The van der Waals surface area contributed by atoms with Gasteiger partial charge in [-0.15, -0.1) is 0 Å². The molecule has 0 aromatic heterocycles. The van der Waals surface area contributed by atoms with Crippen LogP contribution in [0.1, 0.15) is 34.8 Å². The third-order valence-electron chi connectivity index (χ3n) is 5.66. The number of carboxylic acids is 1. The number of hydroxylamine groups is 1. The Kier molecular flexibility index (Phi) is 7.20. The molecular weight excluding hydrogens is 402 g/mol. The van der Waals surface area contributed by atoms with Crippen LogP contribution in [0.4, 0.5) is 0 Å². The van der Waals surface area contributed by atoms with Crippen molar-refractivity contribution in [3.8, 4) is 5.75 Å². The predicted molar refractivity (Wildman–Crippen MR) is 123 cm³/mol. The molecule has 0 saturated carbocycles. The molecule has 0 bridgehead atoms. The lowest BCUT2D eigenvalue weighted by Crippen LogP contribution is -2.17. The highest BCUT2D eigenvalue weighted by Gasteiger charge is 2.20. The quantitative estimate of drug-likeness (QED) is 0.464. The SMILES string of the molecule is O=C(O)COc1cccc2c1CCC(C=CNOC(c1ccccc1)c1ccccc1)C2. The molecule has 0 spiro atoms. The maximum absolute atomic E-state index is 10.8. The Labute approximate surface area is 188 Å². The number of rotatable bonds is 9. The van der Waals surface area contributed by atoms with Gasteiger partial charge in [-0.1, -0.05) is 78.9 Å². The summed E-state index contributed by atoms with van der Waals surface area (Å²) in [7, 11) is 0. The van der Waals surface area contributed by atoms with Crippen molar-refractivity contribution in [3.63, 3.8) is 0 Å². The number of carboxylic acid groups (broad SMARTS) is 1. The van der Waals surface area contributed by atoms with Crippen molar-refractivity contribution < 1.29 is 19.5 Å². The Bertz CT molecular complexity index is 1010. The molecule has 1 aliphatic rings. The summed E-state index contributed by atoms with van der Waals surface area (Å²) in [6, 6.07) is 26.2. The molecule has 0 amide bonds. The number of nitrogens with one attached hydrogen (secondary N) is 1. The maximum Gasteiger partial charge on any atom is 0.341 e. The number of hydrogen-bond acceptors (Lipinski definition) is 4. The first-order valence-corrected chi connectivity index (χ1v) is 10.8. The van der Waals surface area contributed by atoms with E-state index in [0.29, 0.717) is 11.7 Å². The molecular formula is C27H27NO4. The van der Waals surface area contributed by atoms with Gasteiger partial charge in [0.1, 0.15) is 11.9 Å². The van der Waals surface area contributed by atoms with Gasteiger partial charge in [-0.3, -0.25) is 10.3 Å². The first-order valence-electron chi connectivity index (χ1n) is 10.8. The molecule has 0 fully saturated rings. The van der Waals surface area contributed by atoms with E-state index in [4.69, 9.17) is 14.7 Å². The summed E-state index contributed by atoms with van der Waals surface area (Å²) in [5.41, 5.74) is 7.52. The molecule has 0 radical (unpaired) electrons. The minimum absolute atomic E-state index is 0.205. The molecule has 3 aromatic carbocycles. The highest BCUT2D eigenvalue weighted by molar-refractivity contribution is 5.68. The van der Waals surface area contributed by atoms with Crippen molar-refractivity contribution in [2.24, 2.45) is 5.92 Å². The van der Waals surface area contributed by atoms with Crippen LogP contribution in [0.25, 0.3) is 0 Å². The zero-order chi connectivity index (χ0) is 22.2. The monoisotopic (exact) mass is 429 g/mol. The zero-order valence-corrected chi connectivity index (χ0v) is 17.8. The molecule has 0 aliphatic heterocycles. The maximum atomic E-state index is 10.8. The minimum atomic E-state index is -0.963. The number of hydrogen-bond donors (Lipinski definition) is 2. The Hall–Kier alpha value is -3.57. The van der Waals surface area contributed by atoms with Crippen molar-refractivity contribution in [2.45, 2.75) is 25.4 Å². The molecule has 2 N–H and O–H groups in total. The van der Waals surface area contributed by atoms with E-state index in [2.05, 4.69) is 41.9 Å². The van der Waals surface area contributed by atoms with Crippen LogP contribution in [-0.4, -0.2) is 17.7 Å². The molecule has 1 atom stereocenters. The number of benzene rings is 3. The van der Waals surface area contributed by atoms with Crippen LogP contribution < -0.4 is 10.2 Å². The minimum Gasteiger partial charge on any atom is -0.482 e. The fourth-order valence-corrected chi connectivity index (χ4v) is 4.11. The van der Waals surface area contributed by atoms with Crippen molar-refractivity contribution >= 4 is 5.97 Å². The molecule has 5 nitrogen and oxygen atoms in total. The smallest absolute Gasteiger partial charge is 0.341 e. The summed E-state index contributed by atoms with van der Waals surface area (Å²) < 4.78 is 5.46. The molecule has 0 heterocycles. The van der Waals surface area contributed by atoms with Crippen LogP contribution in [0.2, 0.25) is 0 Å². The Morgan fingerprint density at radius 1 is 1.00 bits per heavy atom. The number of carbonyl (C=O) groups is 1. The van der Waals surface area contributed by atoms with E-state index in [0.717, 1.165) is 36.0 Å². The third kappa shape index (κ3) is 5.56. The second kappa shape index (κ2) is 10.6. The second-order valence-corrected chi connectivity index (χ2v) is 7.88. The summed E-state index contributed by atoms with van der Waals surface area (Å²) >= 11 is 0. The molecule has 32 heavy (non-hydrogen) atoms. The van der Waals surface area contributed by atoms with Gasteiger partial charge in [-0.2, -0.15) is 0 Å². The number of ether oxygens (including phenoxy) is 1. The average Bonchev–Trinajstić information content (AvgIpc) is 2.83. The summed E-state index contributed by atoms with van der Waals surface area (Å²) in [5.74, 6) is 0.0946. The van der Waals surface area contributed by atoms with Gasteiger partial charge in [0.2, 0.25) is 0 Å². The van der Waals surface area contributed by atoms with Gasteiger partial charge < -0.3 is 9.84 Å². The highest BCUT2D eigenvalue weighted by Crippen LogP contribution is 2.33. The van der Waals surface area contributed by atoms with Crippen LogP contribution >= 0.6 is 0 Å². The second-order valence-electron chi connectivity index (χ2n) is 7.88. The van der Waals surface area contributed by atoms with E-state index in [-0.39, 0.29) is 12.7 Å². The number of aliphatic carboxylic acids is 1. The molecule has 1 aliphatic carbocycles. The first kappa shape index (κ1) is 21.7. The zero-order valence-electron chi connectivity index (χ0n) is 17.8. The molecule has 1 unspecified atom stereocenters. The van der Waals surface area contributed by atoms with Crippen LogP contribution in [0.3, 0.4) is 0 Å². The van der Waals surface area contributed by atoms with Crippen molar-refractivity contribution in [1.29, 1.82) is 0 Å². The fraction of sp³-hybridized carbons (Fsp3) is 0.222. The predicted octanol–water partition coefficient (Wildman–Crippen LogP) is 5.08. The van der Waals surface area contributed by atoms with E-state index in [1.807, 2.05) is 54.7 Å². The van der Waals surface area contributed by atoms with E-state index in [1.54, 1.807) is 0 Å².